The third-order valence-electron chi connectivity index (χ3n) is 5.93. The summed E-state index contributed by atoms with van der Waals surface area (Å²) >= 11 is 14.0. The zero-order chi connectivity index (χ0) is 28.0. The van der Waals surface area contributed by atoms with Gasteiger partial charge in [-0.2, -0.15) is 0 Å². The number of nitrogens with one attached hydrogen (secondary N) is 1. The molecule has 0 aliphatic carbocycles. The number of hydrogen-bond donors (Lipinski definition) is 1. The first kappa shape index (κ1) is 32.2. The predicted octanol–water partition coefficient (Wildman–Crippen LogP) is 7.19. The van der Waals surface area contributed by atoms with Gasteiger partial charge in [0.25, 0.3) is 5.91 Å². The predicted molar refractivity (Wildman–Crippen MR) is 151 cm³/mol. The molecular weight excluding hydrogens is 538 g/mol. The van der Waals surface area contributed by atoms with Crippen LogP contribution in [0.15, 0.2) is 18.7 Å². The number of nitrogens with zero attached hydrogens (tertiary/aromatic N) is 1. The Morgan fingerprint density at radius 3 is 2.49 bits per heavy atom. The average Bonchev–Trinajstić information content (AvgIpc) is 3.22. The van der Waals surface area contributed by atoms with E-state index < -0.39 is 17.7 Å². The molecule has 0 radical (unpaired) electrons. The number of benzene rings is 1. The first-order chi connectivity index (χ1) is 17.3. The van der Waals surface area contributed by atoms with E-state index in [0.29, 0.717) is 31.5 Å². The molecule has 3 rings (SSSR count). The molecule has 2 aliphatic heterocycles. The van der Waals surface area contributed by atoms with Crippen molar-refractivity contribution in [2.45, 2.75) is 84.0 Å². The molecule has 0 spiro atoms. The maximum Gasteiger partial charge on any atom is 0.254 e. The lowest BCUT2D eigenvalue weighted by molar-refractivity contribution is -0.161. The Bertz CT molecular complexity index is 934. The quantitative estimate of drug-likeness (QED) is 0.200. The molecule has 2 heterocycles. The zero-order valence-electron chi connectivity index (χ0n) is 23.0. The van der Waals surface area contributed by atoms with Gasteiger partial charge in [0.05, 0.1) is 16.7 Å². The van der Waals surface area contributed by atoms with E-state index in [4.69, 9.17) is 37.4 Å². The summed E-state index contributed by atoms with van der Waals surface area (Å²) < 4.78 is 35.7. The van der Waals surface area contributed by atoms with Crippen LogP contribution >= 0.6 is 35.1 Å². The molecule has 2 fully saturated rings. The lowest BCUT2D eigenvalue weighted by Gasteiger charge is -2.38. The van der Waals surface area contributed by atoms with Crippen molar-refractivity contribution < 1.29 is 23.4 Å². The van der Waals surface area contributed by atoms with Crippen molar-refractivity contribution in [3.05, 3.63) is 40.1 Å². The molecule has 1 aromatic rings. The Morgan fingerprint density at radius 1 is 1.35 bits per heavy atom. The standard InChI is InChI=1S/C25H35Cl2FN2O4S.C2H6/c1-7-12-32-22-16(13-17(26)19(27)20(22)28)21(29-35-24(2,3)4)15-8-10-30(11-9-15)23(31)18-14-33-25(5,6)34-18;1-2/h7,13,15,18,21,29H,1,8-12,14H2,2-6H3;1-2H3. The lowest BCUT2D eigenvalue weighted by Crippen LogP contribution is -2.46. The van der Waals surface area contributed by atoms with Crippen LogP contribution in [0.5, 0.6) is 5.75 Å². The molecule has 2 atom stereocenters. The van der Waals surface area contributed by atoms with Gasteiger partial charge in [0.1, 0.15) is 6.61 Å². The fourth-order valence-corrected chi connectivity index (χ4v) is 5.38. The van der Waals surface area contributed by atoms with E-state index in [9.17, 15) is 4.79 Å². The number of ether oxygens (including phenoxy) is 3. The maximum atomic E-state index is 15.2. The van der Waals surface area contributed by atoms with Crippen molar-refractivity contribution in [3.8, 4) is 5.75 Å². The van der Waals surface area contributed by atoms with Gasteiger partial charge in [-0.15, -0.1) is 0 Å². The SMILES string of the molecule is C=CCOc1c(C(NSC(C)(C)C)C2CCN(C(=O)C3COC(C)(C)O3)CC2)cc(Cl)c(Cl)c1F.CC. The summed E-state index contributed by atoms with van der Waals surface area (Å²) in [4.78, 5) is 14.8. The third-order valence-corrected chi connectivity index (χ3v) is 7.67. The molecule has 2 aliphatic rings. The van der Waals surface area contributed by atoms with E-state index in [1.807, 2.05) is 18.7 Å². The highest BCUT2D eigenvalue weighted by Gasteiger charge is 2.41. The summed E-state index contributed by atoms with van der Waals surface area (Å²) in [6.07, 6.45) is 2.40. The van der Waals surface area contributed by atoms with Gasteiger partial charge in [-0.25, -0.2) is 4.39 Å². The van der Waals surface area contributed by atoms with Gasteiger partial charge in [-0.05, 0) is 59.4 Å². The van der Waals surface area contributed by atoms with E-state index in [1.54, 1.807) is 37.9 Å². The summed E-state index contributed by atoms with van der Waals surface area (Å²) in [7, 11) is 0. The Hall–Kier alpha value is -1.03. The number of likely N-dealkylation sites (tertiary alicyclic amines) is 1. The van der Waals surface area contributed by atoms with Crippen LogP contribution in [0.25, 0.3) is 0 Å². The Kier molecular flexibility index (Phi) is 12.1. The summed E-state index contributed by atoms with van der Waals surface area (Å²) in [6.45, 7) is 19.1. The fraction of sp³-hybridized carbons (Fsp3) is 0.667. The number of carbonyl (C=O) groups excluding carboxylic acids is 1. The number of halogens is 3. The van der Waals surface area contributed by atoms with Gasteiger partial charge in [0.15, 0.2) is 23.5 Å². The molecule has 2 unspecified atom stereocenters. The first-order valence-corrected chi connectivity index (χ1v) is 14.4. The number of carbonyl (C=O) groups is 1. The average molecular weight is 580 g/mol. The second-order valence-corrected chi connectivity index (χ2v) is 12.7. The smallest absolute Gasteiger partial charge is 0.254 e. The van der Waals surface area contributed by atoms with Gasteiger partial charge in [0.2, 0.25) is 0 Å². The molecular formula is C27H41Cl2FN2O4S. The van der Waals surface area contributed by atoms with Crippen LogP contribution in [-0.4, -0.2) is 53.7 Å². The van der Waals surface area contributed by atoms with Crippen molar-refractivity contribution in [1.29, 1.82) is 0 Å². The van der Waals surface area contributed by atoms with Gasteiger partial charge < -0.3 is 19.1 Å². The summed E-state index contributed by atoms with van der Waals surface area (Å²) in [6, 6.07) is 1.40. The van der Waals surface area contributed by atoms with Gasteiger partial charge in [-0.3, -0.25) is 9.52 Å². The zero-order valence-corrected chi connectivity index (χ0v) is 25.3. The van der Waals surface area contributed by atoms with Crippen LogP contribution in [0.4, 0.5) is 4.39 Å². The molecule has 6 nitrogen and oxygen atoms in total. The minimum atomic E-state index is -0.752. The monoisotopic (exact) mass is 578 g/mol. The van der Waals surface area contributed by atoms with Gasteiger partial charge >= 0.3 is 0 Å². The highest BCUT2D eigenvalue weighted by molar-refractivity contribution is 7.98. The summed E-state index contributed by atoms with van der Waals surface area (Å²) in [5.74, 6) is -1.31. The van der Waals surface area contributed by atoms with Crippen molar-refractivity contribution >= 4 is 41.1 Å². The van der Waals surface area contributed by atoms with E-state index in [1.165, 1.54) is 0 Å². The van der Waals surface area contributed by atoms with Crippen LogP contribution in [0.2, 0.25) is 10.0 Å². The van der Waals surface area contributed by atoms with Crippen molar-refractivity contribution in [3.63, 3.8) is 0 Å². The number of amides is 1. The number of piperidine rings is 1. The topological polar surface area (TPSA) is 60.0 Å². The first-order valence-electron chi connectivity index (χ1n) is 12.8. The highest BCUT2D eigenvalue weighted by Crippen LogP contribution is 2.43. The Morgan fingerprint density at radius 2 is 1.97 bits per heavy atom. The Balaban J connectivity index is 0.00000235. The summed E-state index contributed by atoms with van der Waals surface area (Å²) in [5, 5.41) is -0.0369. The van der Waals surface area contributed by atoms with E-state index in [2.05, 4.69) is 32.1 Å². The lowest BCUT2D eigenvalue weighted by atomic mass is 9.85. The van der Waals surface area contributed by atoms with E-state index in [0.717, 1.165) is 0 Å². The molecule has 2 saturated heterocycles. The van der Waals surface area contributed by atoms with E-state index in [-0.39, 0.29) is 51.6 Å². The Labute approximate surface area is 235 Å². The third kappa shape index (κ3) is 8.73. The number of hydrogen-bond acceptors (Lipinski definition) is 6. The number of rotatable bonds is 8. The maximum absolute atomic E-state index is 15.2. The minimum Gasteiger partial charge on any atom is -0.486 e. The molecule has 1 amide bonds. The van der Waals surface area contributed by atoms with Crippen molar-refractivity contribution in [2.24, 2.45) is 5.92 Å². The second-order valence-electron chi connectivity index (χ2n) is 10.3. The van der Waals surface area contributed by atoms with Crippen LogP contribution in [0.3, 0.4) is 0 Å². The molecule has 0 aromatic heterocycles. The highest BCUT2D eigenvalue weighted by atomic mass is 35.5. The second kappa shape index (κ2) is 13.9. The molecule has 1 aromatic carbocycles. The van der Waals surface area contributed by atoms with Gasteiger partial charge in [-0.1, -0.05) is 61.7 Å². The molecule has 1 N–H and O–H groups in total. The molecule has 210 valence electrons. The van der Waals surface area contributed by atoms with Crippen molar-refractivity contribution in [2.75, 3.05) is 26.3 Å². The van der Waals surface area contributed by atoms with Crippen LogP contribution in [0.1, 0.15) is 72.9 Å². The van der Waals surface area contributed by atoms with E-state index >= 15 is 4.39 Å². The molecule has 37 heavy (non-hydrogen) atoms. The summed E-state index contributed by atoms with van der Waals surface area (Å²) in [5.41, 5.74) is 0.606. The fourth-order valence-electron chi connectivity index (χ4n) is 4.24. The minimum absolute atomic E-state index is 0.0572. The largest absolute Gasteiger partial charge is 0.486 e. The molecule has 10 heteroatoms. The van der Waals surface area contributed by atoms with Crippen LogP contribution in [-0.2, 0) is 14.3 Å². The molecule has 0 bridgehead atoms. The van der Waals surface area contributed by atoms with Gasteiger partial charge in [0, 0.05) is 29.4 Å². The van der Waals surface area contributed by atoms with Crippen molar-refractivity contribution in [1.82, 2.24) is 9.62 Å². The van der Waals surface area contributed by atoms with Crippen LogP contribution in [0, 0.1) is 11.7 Å². The molecule has 0 saturated carbocycles. The van der Waals surface area contributed by atoms with Crippen LogP contribution < -0.4 is 9.46 Å². The normalized spacial score (nSPS) is 20.7.